The van der Waals surface area contributed by atoms with Gasteiger partial charge in [0.2, 0.25) is 0 Å². The second-order valence-corrected chi connectivity index (χ2v) is 16.3. The largest absolute Gasteiger partial charge is 0.416 e. The van der Waals surface area contributed by atoms with Gasteiger partial charge >= 0.3 is 6.18 Å². The van der Waals surface area contributed by atoms with Crippen LogP contribution in [0.25, 0.3) is 16.3 Å². The first-order chi connectivity index (χ1) is 24.9. The summed E-state index contributed by atoms with van der Waals surface area (Å²) in [6.45, 7) is 1.07. The topological polar surface area (TPSA) is 108 Å². The second kappa shape index (κ2) is 16.7. The normalized spacial score (nSPS) is 16.2. The van der Waals surface area contributed by atoms with E-state index in [2.05, 4.69) is 26.7 Å². The lowest BCUT2D eigenvalue weighted by molar-refractivity contribution is -0.137. The molecule has 3 N–H and O–H groups in total. The zero-order chi connectivity index (χ0) is 36.9. The van der Waals surface area contributed by atoms with Gasteiger partial charge in [0, 0.05) is 41.8 Å². The molecule has 1 amide bonds. The number of amides is 1. The van der Waals surface area contributed by atoms with Gasteiger partial charge in [0.05, 0.1) is 31.7 Å². The molecule has 2 aliphatic rings. The summed E-state index contributed by atoms with van der Waals surface area (Å²) in [6, 6.07) is 12.7. The van der Waals surface area contributed by atoms with E-state index in [0.717, 1.165) is 69.9 Å². The summed E-state index contributed by atoms with van der Waals surface area (Å²) in [4.78, 5) is 15.1. The van der Waals surface area contributed by atoms with Crippen molar-refractivity contribution in [1.29, 1.82) is 0 Å². The Bertz CT molecular complexity index is 2060. The molecule has 9 nitrogen and oxygen atoms in total. The number of thiophene rings is 1. The summed E-state index contributed by atoms with van der Waals surface area (Å²) in [5.74, 6) is 5.40. The Morgan fingerprint density at radius 2 is 1.62 bits per heavy atom. The van der Waals surface area contributed by atoms with Crippen LogP contribution in [0.3, 0.4) is 0 Å². The van der Waals surface area contributed by atoms with Crippen LogP contribution in [-0.2, 0) is 22.9 Å². The fourth-order valence-corrected chi connectivity index (χ4v) is 8.82. The Hall–Kier alpha value is -3.42. The van der Waals surface area contributed by atoms with E-state index >= 15 is 0 Å². The minimum absolute atomic E-state index is 0.00884. The average molecular weight is 794 g/mol. The van der Waals surface area contributed by atoms with Crippen LogP contribution in [0, 0.1) is 11.8 Å². The number of carbonyl (C=O) groups is 1. The molecule has 0 bridgehead atoms. The third-order valence-electron chi connectivity index (χ3n) is 8.95. The van der Waals surface area contributed by atoms with Crippen LogP contribution >= 0.6 is 34.5 Å². The van der Waals surface area contributed by atoms with Crippen molar-refractivity contribution in [3.63, 3.8) is 0 Å². The quantitative estimate of drug-likeness (QED) is 0.117. The van der Waals surface area contributed by atoms with Gasteiger partial charge in [-0.05, 0) is 80.3 Å². The zero-order valence-corrected chi connectivity index (χ0v) is 31.2. The molecule has 16 heteroatoms. The molecular weight excluding hydrogens is 756 g/mol. The number of nitrogens with zero attached hydrogens (tertiary/aromatic N) is 3. The predicted octanol–water partition coefficient (Wildman–Crippen LogP) is 8.10. The lowest BCUT2D eigenvalue weighted by atomic mass is 10.1. The van der Waals surface area contributed by atoms with Crippen LogP contribution in [0.4, 0.5) is 13.2 Å². The maximum atomic E-state index is 14.0. The molecule has 0 atom stereocenters. The van der Waals surface area contributed by atoms with Crippen LogP contribution < -0.4 is 14.9 Å². The summed E-state index contributed by atoms with van der Waals surface area (Å²) >= 11 is 14.2. The van der Waals surface area contributed by atoms with Gasteiger partial charge in [0.15, 0.2) is 5.69 Å². The number of nitrogens with one attached hydrogen (secondary N) is 3. The Balaban J connectivity index is 1.40. The van der Waals surface area contributed by atoms with Crippen LogP contribution in [0.2, 0.25) is 10.0 Å². The summed E-state index contributed by atoms with van der Waals surface area (Å²) in [5.41, 5.74) is 3.73. The van der Waals surface area contributed by atoms with Crippen molar-refractivity contribution in [3.8, 4) is 28.1 Å². The third-order valence-corrected chi connectivity index (χ3v) is 11.7. The Kier molecular flexibility index (Phi) is 12.3. The Labute approximate surface area is 315 Å². The highest BCUT2D eigenvalue weighted by Gasteiger charge is 2.31. The van der Waals surface area contributed by atoms with E-state index in [1.165, 1.54) is 28.2 Å². The van der Waals surface area contributed by atoms with Crippen molar-refractivity contribution < 1.29 is 26.4 Å². The highest BCUT2D eigenvalue weighted by Crippen LogP contribution is 2.37. The second-order valence-electron chi connectivity index (χ2n) is 12.8. The van der Waals surface area contributed by atoms with Gasteiger partial charge in [-0.15, -0.1) is 11.3 Å². The van der Waals surface area contributed by atoms with E-state index in [1.54, 1.807) is 30.3 Å². The predicted molar refractivity (Wildman–Crippen MR) is 198 cm³/mol. The highest BCUT2D eigenvalue weighted by molar-refractivity contribution is 7.87. The minimum atomic E-state index is -4.45. The molecule has 1 aliphatic carbocycles. The van der Waals surface area contributed by atoms with Gasteiger partial charge in [0.25, 0.3) is 16.1 Å². The first-order valence-corrected chi connectivity index (χ1v) is 20.1. The molecule has 276 valence electrons. The Morgan fingerprint density at radius 1 is 0.923 bits per heavy atom. The molecule has 1 saturated carbocycles. The molecule has 2 aromatic carbocycles. The molecule has 4 aromatic rings. The summed E-state index contributed by atoms with van der Waals surface area (Å²) in [7, 11) is -3.99. The first kappa shape index (κ1) is 38.3. The van der Waals surface area contributed by atoms with Crippen molar-refractivity contribution in [1.82, 2.24) is 29.7 Å². The van der Waals surface area contributed by atoms with Gasteiger partial charge in [-0.1, -0.05) is 67.1 Å². The van der Waals surface area contributed by atoms with E-state index in [0.29, 0.717) is 50.4 Å². The number of hydrazine groups is 1. The fourth-order valence-electron chi connectivity index (χ4n) is 6.32. The molecule has 0 radical (unpaired) electrons. The lowest BCUT2D eigenvalue weighted by Gasteiger charge is -2.26. The van der Waals surface area contributed by atoms with Gasteiger partial charge in [-0.25, -0.2) is 9.69 Å². The summed E-state index contributed by atoms with van der Waals surface area (Å²) in [6.07, 6.45) is 3.95. The maximum absolute atomic E-state index is 14.0. The minimum Gasteiger partial charge on any atom is -0.283 e. The number of rotatable bonds is 9. The smallest absolute Gasteiger partial charge is 0.283 e. The third kappa shape index (κ3) is 9.76. The van der Waals surface area contributed by atoms with Gasteiger partial charge in [0.1, 0.15) is 0 Å². The van der Waals surface area contributed by atoms with Crippen molar-refractivity contribution in [2.75, 3.05) is 13.1 Å². The molecule has 0 unspecified atom stereocenters. The number of benzene rings is 2. The van der Waals surface area contributed by atoms with Crippen LogP contribution in [0.1, 0.15) is 89.8 Å². The number of halogens is 5. The van der Waals surface area contributed by atoms with E-state index in [9.17, 15) is 26.4 Å². The van der Waals surface area contributed by atoms with Crippen molar-refractivity contribution in [2.45, 2.75) is 76.6 Å². The molecule has 3 heterocycles. The van der Waals surface area contributed by atoms with Crippen LogP contribution in [0.15, 0.2) is 54.6 Å². The Morgan fingerprint density at radius 3 is 2.29 bits per heavy atom. The van der Waals surface area contributed by atoms with E-state index < -0.39 is 27.9 Å². The molecule has 2 fully saturated rings. The number of aromatic nitrogens is 2. The lowest BCUT2D eigenvalue weighted by Crippen LogP contribution is -2.45. The van der Waals surface area contributed by atoms with Crippen molar-refractivity contribution >= 4 is 50.7 Å². The van der Waals surface area contributed by atoms with Gasteiger partial charge < -0.3 is 0 Å². The van der Waals surface area contributed by atoms with Gasteiger partial charge in [-0.2, -0.15) is 36.1 Å². The van der Waals surface area contributed by atoms with Gasteiger partial charge in [-0.3, -0.25) is 10.2 Å². The zero-order valence-electron chi connectivity index (χ0n) is 28.0. The molecule has 2 aromatic heterocycles. The molecule has 52 heavy (non-hydrogen) atoms. The average Bonchev–Trinajstić information content (AvgIpc) is 3.64. The van der Waals surface area contributed by atoms with Crippen LogP contribution in [-0.4, -0.2) is 48.2 Å². The standard InChI is InChI=1S/C36H37Cl2F3N6O3S2/c37-26-15-18-31(30(38)22-26)47-34(32-19-17-28(51-32)16-12-24-10-13-25(14-11-24)36(39,40)41)29(33(43-47)35(48)44-46-20-6-3-7-21-46)23-42-52(49,50)45-27-8-4-1-2-5-9-27/h10-11,13-15,17-19,22,27,42,45H,1-9,20-21,23H2,(H,44,48). The van der Waals surface area contributed by atoms with E-state index in [-0.39, 0.29) is 23.3 Å². The molecule has 6 rings (SSSR count). The summed E-state index contributed by atoms with van der Waals surface area (Å²) in [5, 5.41) is 7.22. The highest BCUT2D eigenvalue weighted by atomic mass is 35.5. The fraction of sp³-hybridized carbons (Fsp3) is 0.389. The monoisotopic (exact) mass is 792 g/mol. The van der Waals surface area contributed by atoms with E-state index in [1.807, 2.05) is 5.01 Å². The van der Waals surface area contributed by atoms with Crippen LogP contribution in [0.5, 0.6) is 0 Å². The number of piperidine rings is 1. The number of hydrogen-bond acceptors (Lipinski definition) is 6. The van der Waals surface area contributed by atoms with Crippen molar-refractivity contribution in [2.24, 2.45) is 0 Å². The van der Waals surface area contributed by atoms with Crippen molar-refractivity contribution in [3.05, 3.63) is 91.9 Å². The molecule has 1 aliphatic heterocycles. The molecule has 0 spiro atoms. The van der Waals surface area contributed by atoms with E-state index in [4.69, 9.17) is 28.3 Å². The number of carbonyl (C=O) groups excluding carboxylic acids is 1. The molecular formula is C36H37Cl2F3N6O3S2. The SMILES string of the molecule is O=C(NN1CCCCC1)c1nn(-c2ccc(Cl)cc2Cl)c(-c2ccc(C#Cc3ccc(C(F)(F)F)cc3)s2)c1CNS(=O)(=O)NC1CCCCCC1. The summed E-state index contributed by atoms with van der Waals surface area (Å²) < 4.78 is 73.0. The maximum Gasteiger partial charge on any atom is 0.416 e. The number of alkyl halides is 3. The molecule has 1 saturated heterocycles. The first-order valence-electron chi connectivity index (χ1n) is 17.1. The number of hydrogen-bond donors (Lipinski definition) is 3.